The van der Waals surface area contributed by atoms with E-state index in [9.17, 15) is 9.59 Å². The van der Waals surface area contributed by atoms with E-state index in [2.05, 4.69) is 16.1 Å². The molecular formula is C19H32Cl2N4O3. The number of primary amides is 1. The zero-order valence-corrected chi connectivity index (χ0v) is 18.0. The van der Waals surface area contributed by atoms with Crippen molar-refractivity contribution in [1.82, 2.24) is 14.9 Å². The van der Waals surface area contributed by atoms with Crippen LogP contribution in [0.4, 0.5) is 0 Å². The van der Waals surface area contributed by atoms with Crippen LogP contribution in [0, 0.1) is 5.92 Å². The third-order valence-electron chi connectivity index (χ3n) is 5.80. The topological polar surface area (TPSA) is 99.2 Å². The largest absolute Gasteiger partial charge is 0.469 e. The number of halogens is 2. The molecule has 1 aromatic heterocycles. The summed E-state index contributed by atoms with van der Waals surface area (Å²) in [5.74, 6) is 1.000. The molecule has 9 heteroatoms. The van der Waals surface area contributed by atoms with E-state index in [1.165, 1.54) is 7.11 Å². The zero-order valence-electron chi connectivity index (χ0n) is 16.4. The van der Waals surface area contributed by atoms with Gasteiger partial charge in [-0.3, -0.25) is 9.59 Å². The molecule has 0 aromatic carbocycles. The van der Waals surface area contributed by atoms with Crippen molar-refractivity contribution in [2.75, 3.05) is 20.2 Å². The van der Waals surface area contributed by atoms with Gasteiger partial charge in [-0.25, -0.2) is 4.98 Å². The molecule has 1 aromatic rings. The van der Waals surface area contributed by atoms with Crippen LogP contribution in [-0.2, 0) is 20.7 Å². The highest BCUT2D eigenvalue weighted by Crippen LogP contribution is 2.36. The maximum Gasteiger partial charge on any atom is 0.308 e. The number of aryl methyl sites for hydroxylation is 1. The molecule has 1 saturated carbocycles. The number of nitrogens with one attached hydrogen (secondary N) is 1. The number of aromatic nitrogens is 2. The average Bonchev–Trinajstić information content (AvgIpc) is 3.11. The van der Waals surface area contributed by atoms with Crippen molar-refractivity contribution in [2.45, 2.75) is 63.3 Å². The number of carbonyl (C=O) groups excluding carboxylic acids is 2. The number of nitrogens with two attached hydrogens (primary N) is 1. The normalized spacial score (nSPS) is 22.6. The van der Waals surface area contributed by atoms with Gasteiger partial charge < -0.3 is 20.4 Å². The number of carbonyl (C=O) groups is 2. The van der Waals surface area contributed by atoms with Gasteiger partial charge in [0.05, 0.1) is 18.7 Å². The van der Waals surface area contributed by atoms with Crippen molar-refractivity contribution in [3.05, 3.63) is 17.7 Å². The minimum absolute atomic E-state index is 0. The Morgan fingerprint density at radius 1 is 1.18 bits per heavy atom. The zero-order chi connectivity index (χ0) is 18.5. The molecule has 2 aliphatic rings. The molecule has 0 unspecified atom stereocenters. The fraction of sp³-hybridized carbons (Fsp3) is 0.737. The number of hydrogen-bond acceptors (Lipinski definition) is 5. The second-order valence-electron chi connectivity index (χ2n) is 7.51. The molecule has 3 rings (SSSR count). The van der Waals surface area contributed by atoms with Crippen LogP contribution in [0.2, 0.25) is 0 Å². The molecule has 28 heavy (non-hydrogen) atoms. The standard InChI is InChI=1S/C19H30N4O3.2ClH/c1-26-19(25)14-4-2-13(3-5-14)16-12-23(15-8-10-21-11-9-15)18(22-16)7-6-17(20)24;;/h12-15,21H,2-11H2,1H3,(H2,20,24);2*1H. The lowest BCUT2D eigenvalue weighted by atomic mass is 9.81. The summed E-state index contributed by atoms with van der Waals surface area (Å²) in [6, 6.07) is 0.437. The summed E-state index contributed by atoms with van der Waals surface area (Å²) in [7, 11) is 1.46. The quantitative estimate of drug-likeness (QED) is 0.669. The number of rotatable bonds is 6. The molecule has 1 saturated heterocycles. The summed E-state index contributed by atoms with van der Waals surface area (Å²) in [5, 5.41) is 3.39. The van der Waals surface area contributed by atoms with Crippen LogP contribution < -0.4 is 11.1 Å². The Bertz CT molecular complexity index is 639. The van der Waals surface area contributed by atoms with Gasteiger partial charge in [-0.1, -0.05) is 0 Å². The molecule has 1 amide bonds. The molecule has 3 N–H and O–H groups in total. The summed E-state index contributed by atoms with van der Waals surface area (Å²) in [6.07, 6.45) is 8.89. The highest BCUT2D eigenvalue weighted by molar-refractivity contribution is 5.85. The van der Waals surface area contributed by atoms with Crippen LogP contribution in [0.25, 0.3) is 0 Å². The minimum Gasteiger partial charge on any atom is -0.469 e. The Hall–Kier alpha value is -1.31. The highest BCUT2D eigenvalue weighted by atomic mass is 35.5. The van der Waals surface area contributed by atoms with E-state index in [0.29, 0.717) is 24.8 Å². The van der Waals surface area contributed by atoms with Crippen LogP contribution >= 0.6 is 24.8 Å². The molecule has 160 valence electrons. The Balaban J connectivity index is 0.00000196. The Morgan fingerprint density at radius 2 is 1.82 bits per heavy atom. The first-order valence-corrected chi connectivity index (χ1v) is 9.73. The van der Waals surface area contributed by atoms with Gasteiger partial charge in [-0.15, -0.1) is 24.8 Å². The lowest BCUT2D eigenvalue weighted by Gasteiger charge is -2.26. The minimum atomic E-state index is -0.287. The molecule has 7 nitrogen and oxygen atoms in total. The maximum absolute atomic E-state index is 11.7. The fourth-order valence-electron chi connectivity index (χ4n) is 4.26. The van der Waals surface area contributed by atoms with Gasteiger partial charge in [0.2, 0.25) is 5.91 Å². The van der Waals surface area contributed by atoms with Crippen molar-refractivity contribution < 1.29 is 14.3 Å². The first kappa shape index (κ1) is 24.7. The Kier molecular flexibility index (Phi) is 10.3. The van der Waals surface area contributed by atoms with Crippen LogP contribution in [0.15, 0.2) is 6.20 Å². The number of esters is 1. The SMILES string of the molecule is COC(=O)C1CCC(c2cn(C3CCNCC3)c(CCC(N)=O)n2)CC1.Cl.Cl. The van der Waals surface area contributed by atoms with Crippen molar-refractivity contribution in [3.63, 3.8) is 0 Å². The van der Waals surface area contributed by atoms with Crippen molar-refractivity contribution in [2.24, 2.45) is 11.7 Å². The van der Waals surface area contributed by atoms with Gasteiger partial charge in [0.25, 0.3) is 0 Å². The van der Waals surface area contributed by atoms with E-state index in [4.69, 9.17) is 15.5 Å². The Morgan fingerprint density at radius 3 is 2.39 bits per heavy atom. The number of nitrogens with zero attached hydrogens (tertiary/aromatic N) is 2. The number of hydrogen-bond donors (Lipinski definition) is 2. The van der Waals surface area contributed by atoms with E-state index >= 15 is 0 Å². The third-order valence-corrected chi connectivity index (χ3v) is 5.80. The number of amides is 1. The average molecular weight is 435 g/mol. The number of imidazole rings is 1. The third kappa shape index (κ3) is 6.09. The summed E-state index contributed by atoms with van der Waals surface area (Å²) >= 11 is 0. The van der Waals surface area contributed by atoms with Gasteiger partial charge in [-0.2, -0.15) is 0 Å². The van der Waals surface area contributed by atoms with Gasteiger partial charge in [0.15, 0.2) is 0 Å². The molecule has 1 aliphatic heterocycles. The second-order valence-corrected chi connectivity index (χ2v) is 7.51. The van der Waals surface area contributed by atoms with E-state index in [0.717, 1.165) is 63.1 Å². The lowest BCUT2D eigenvalue weighted by molar-refractivity contribution is -0.146. The van der Waals surface area contributed by atoms with Crippen molar-refractivity contribution in [3.8, 4) is 0 Å². The summed E-state index contributed by atoms with van der Waals surface area (Å²) in [4.78, 5) is 27.9. The van der Waals surface area contributed by atoms with Crippen molar-refractivity contribution in [1.29, 1.82) is 0 Å². The Labute approximate surface area is 179 Å². The molecule has 2 heterocycles. The molecule has 2 fully saturated rings. The smallest absolute Gasteiger partial charge is 0.308 e. The molecule has 0 radical (unpaired) electrons. The van der Waals surface area contributed by atoms with E-state index in [-0.39, 0.29) is 42.6 Å². The highest BCUT2D eigenvalue weighted by Gasteiger charge is 2.30. The lowest BCUT2D eigenvalue weighted by Crippen LogP contribution is -2.30. The van der Waals surface area contributed by atoms with Crippen LogP contribution in [0.1, 0.15) is 68.4 Å². The van der Waals surface area contributed by atoms with Gasteiger partial charge in [-0.05, 0) is 51.6 Å². The summed E-state index contributed by atoms with van der Waals surface area (Å²) in [5.41, 5.74) is 6.45. The van der Waals surface area contributed by atoms with Crippen LogP contribution in [-0.4, -0.2) is 41.6 Å². The van der Waals surface area contributed by atoms with Gasteiger partial charge >= 0.3 is 5.97 Å². The van der Waals surface area contributed by atoms with E-state index < -0.39 is 0 Å². The van der Waals surface area contributed by atoms with E-state index in [1.807, 2.05) is 0 Å². The maximum atomic E-state index is 11.7. The molecule has 1 aliphatic carbocycles. The number of ether oxygens (including phenoxy) is 1. The van der Waals surface area contributed by atoms with Crippen molar-refractivity contribution >= 4 is 36.7 Å². The monoisotopic (exact) mass is 434 g/mol. The van der Waals surface area contributed by atoms with Gasteiger partial charge in [0.1, 0.15) is 5.82 Å². The first-order chi connectivity index (χ1) is 12.6. The predicted molar refractivity (Wildman–Crippen MR) is 112 cm³/mol. The van der Waals surface area contributed by atoms with Crippen LogP contribution in [0.5, 0.6) is 0 Å². The number of methoxy groups -OCH3 is 1. The number of piperidine rings is 1. The summed E-state index contributed by atoms with van der Waals surface area (Å²) in [6.45, 7) is 2.02. The fourth-order valence-corrected chi connectivity index (χ4v) is 4.26. The van der Waals surface area contributed by atoms with Gasteiger partial charge in [0, 0.05) is 31.0 Å². The van der Waals surface area contributed by atoms with Crippen LogP contribution in [0.3, 0.4) is 0 Å². The van der Waals surface area contributed by atoms with E-state index in [1.54, 1.807) is 0 Å². The first-order valence-electron chi connectivity index (χ1n) is 9.73. The predicted octanol–water partition coefficient (Wildman–Crippen LogP) is 2.52. The molecule has 0 spiro atoms. The summed E-state index contributed by atoms with van der Waals surface area (Å²) < 4.78 is 7.16. The molecular weight excluding hydrogens is 403 g/mol. The molecule has 0 atom stereocenters. The second kappa shape index (κ2) is 11.6. The molecule has 0 bridgehead atoms.